The number of aliphatic hydroxyl groups excluding tert-OH is 1. The number of phosphoric ester groups is 1. The van der Waals surface area contributed by atoms with E-state index in [4.69, 9.17) is 25.0 Å². The molecular weight excluding hydrogens is 1520 g/mol. The van der Waals surface area contributed by atoms with E-state index in [1.165, 1.54) is 45.9 Å². The molecule has 1 aromatic heterocycles. The summed E-state index contributed by atoms with van der Waals surface area (Å²) < 4.78 is 135. The van der Waals surface area contributed by atoms with Crippen molar-refractivity contribution in [2.24, 2.45) is 4.99 Å². The molecule has 0 aliphatic carbocycles. The zero-order chi connectivity index (χ0) is 77.3. The lowest BCUT2D eigenvalue weighted by atomic mass is 9.78. The molecule has 8 rings (SSSR count). The third-order valence-corrected chi connectivity index (χ3v) is 25.2. The Labute approximate surface area is 597 Å². The SMILES string of the molecule is CC1N=c2c(cc3c(c2S(=O)(=O)O)Oc2c(cc4c(c2S(=O)(=O)O)NC(C)C4(C)C)C=3c2ccc(C(=O)NC(CCCSSCCC(=O)NCC#Cc3cn([C@H]4CC(O)[C@@H](COP(=O)(O)OP(=O)(O)OP(=O)(O)O)O4)c(=O)nc3N)C(=O)NC(CC(=O)O)C(=O)NC(CC(=O)O)C(=O)O)cc2)C1(C)C. The highest BCUT2D eigenvalue weighted by Gasteiger charge is 2.47. The number of nitrogens with one attached hydrogen (secondary N) is 5. The highest BCUT2D eigenvalue weighted by atomic mass is 33.1. The van der Waals surface area contributed by atoms with E-state index in [0.29, 0.717) is 11.1 Å². The molecule has 4 amide bonds. The Balaban J connectivity index is 0.967. The second-order valence-corrected chi connectivity index (χ2v) is 34.8. The fourth-order valence-corrected chi connectivity index (χ4v) is 18.0. The van der Waals surface area contributed by atoms with Gasteiger partial charge in [-0.25, -0.2) is 23.3 Å². The summed E-state index contributed by atoms with van der Waals surface area (Å²) in [6.07, 6.45) is -6.12. The highest BCUT2D eigenvalue weighted by molar-refractivity contribution is 8.76. The first-order chi connectivity index (χ1) is 48.1. The smallest absolute Gasteiger partial charge is 0.481 e. The molecule has 1 saturated heterocycles. The number of carbonyl (C=O) groups is 7. The molecule has 0 bridgehead atoms. The van der Waals surface area contributed by atoms with Gasteiger partial charge in [0.15, 0.2) is 21.3 Å². The van der Waals surface area contributed by atoms with E-state index in [1.807, 2.05) is 19.2 Å². The Morgan fingerprint density at radius 1 is 0.817 bits per heavy atom. The molecule has 4 aliphatic heterocycles. The first-order valence-electron chi connectivity index (χ1n) is 30.7. The molecule has 8 unspecified atom stereocenters. The lowest BCUT2D eigenvalue weighted by molar-refractivity contribution is -0.148. The summed E-state index contributed by atoms with van der Waals surface area (Å²) >= 11 is 0. The standard InChI is InChI=1S/C58H70N9O30P3S4/c1-26-57(3,4)33-19-31-44(32-20-34-46(62-27(2)58(34,5)6)50(104(90,91)92)48(32)95-47(31)49(45(33)61-26)103(87,88)89)28-11-13-29(14-12-28)52(74)63-35(53(75)64-36(21-42(70)71)54(76)65-37(55(77)78)22-43(72)73)10-8-17-101-102-18-15-40(69)60-16-7-9-30-24-67(56(79)66-51(30)59)41-23-38(68)39(94-41)25-93-99(83,84)97-100(85,86)96-98(80,81)82/h11-14,19-20,24,26-27,35-39,41,61,68H,8,10,15-18,21-23,25H2,1-6H3,(H,60,69)(H,63,74)(H,64,75)(H,65,76)(H,70,71)(H,72,73)(H,77,78)(H,83,84)(H,85,86)(H2,59,66,79)(H2,80,81,82)(H,87,88,89)(H,90,91,92)/t26?,27?,35?,36?,37?,38?,39-,41-/m1/s1. The maximum absolute atomic E-state index is 14.4. The van der Waals surface area contributed by atoms with Crippen LogP contribution in [0, 0.1) is 11.8 Å². The number of amides is 4. The molecule has 46 heteroatoms. The molecule has 39 nitrogen and oxygen atoms in total. The van der Waals surface area contributed by atoms with Crippen molar-refractivity contribution >= 4 is 124 Å². The maximum Gasteiger partial charge on any atom is 0.490 e. The number of nitrogens with two attached hydrogens (primary N) is 1. The van der Waals surface area contributed by atoms with Gasteiger partial charge in [0.25, 0.3) is 26.1 Å². The zero-order valence-corrected chi connectivity index (χ0v) is 61.2. The van der Waals surface area contributed by atoms with Crippen LogP contribution < -0.4 is 53.3 Å². The van der Waals surface area contributed by atoms with Crippen molar-refractivity contribution in [1.82, 2.24) is 30.8 Å². The van der Waals surface area contributed by atoms with E-state index in [1.54, 1.807) is 39.8 Å². The summed E-state index contributed by atoms with van der Waals surface area (Å²) in [6.45, 7) is 9.43. The molecular formula is C58H70N9O30P3S4. The van der Waals surface area contributed by atoms with Gasteiger partial charge in [0.2, 0.25) is 17.7 Å². The number of carbonyl (C=O) groups excluding carboxylic acids is 4. The summed E-state index contributed by atoms with van der Waals surface area (Å²) in [7, 11) is -25.2. The van der Waals surface area contributed by atoms with Crippen LogP contribution in [0.2, 0.25) is 0 Å². The number of nitrogens with zero attached hydrogens (tertiary/aromatic N) is 3. The van der Waals surface area contributed by atoms with E-state index in [-0.39, 0.29) is 93.6 Å². The number of rotatable bonds is 31. The van der Waals surface area contributed by atoms with E-state index < -0.39 is 191 Å². The van der Waals surface area contributed by atoms with Crippen molar-refractivity contribution in [1.29, 1.82) is 0 Å². The summed E-state index contributed by atoms with van der Waals surface area (Å²) in [5, 5.41) is 51.4. The third-order valence-electron chi connectivity index (χ3n) is 17.1. The summed E-state index contributed by atoms with van der Waals surface area (Å²) in [6, 6.07) is 1.90. The van der Waals surface area contributed by atoms with Crippen LogP contribution >= 0.6 is 45.1 Å². The molecule has 104 heavy (non-hydrogen) atoms. The van der Waals surface area contributed by atoms with Gasteiger partial charge < -0.3 is 81.8 Å². The van der Waals surface area contributed by atoms with Crippen molar-refractivity contribution in [3.63, 3.8) is 0 Å². The molecule has 4 aliphatic rings. The van der Waals surface area contributed by atoms with Gasteiger partial charge in [-0.3, -0.25) is 52.0 Å². The number of anilines is 2. The molecule has 0 saturated carbocycles. The minimum absolute atomic E-state index is 0.0318. The number of aromatic nitrogens is 2. The van der Waals surface area contributed by atoms with Crippen molar-refractivity contribution in [3.05, 3.63) is 97.0 Å². The average molecular weight is 1590 g/mol. The zero-order valence-electron chi connectivity index (χ0n) is 55.3. The van der Waals surface area contributed by atoms with Gasteiger partial charge in [-0.15, -0.1) is 0 Å². The van der Waals surface area contributed by atoms with E-state index in [2.05, 4.69) is 56.2 Å². The number of benzene rings is 3. The van der Waals surface area contributed by atoms with Crippen molar-refractivity contribution in [2.75, 3.05) is 35.7 Å². The highest BCUT2D eigenvalue weighted by Crippen LogP contribution is 2.66. The third kappa shape index (κ3) is 19.5. The minimum atomic E-state index is -5.86. The van der Waals surface area contributed by atoms with Crippen LogP contribution in [-0.2, 0) is 91.4 Å². The van der Waals surface area contributed by atoms with E-state index in [9.17, 15) is 108 Å². The number of aliphatic hydroxyl groups is 1. The molecule has 3 aromatic carbocycles. The molecule has 10 atom stereocenters. The van der Waals surface area contributed by atoms with Crippen LogP contribution in [0.1, 0.15) is 124 Å². The number of carboxylic acids is 3. The first-order valence-corrected chi connectivity index (χ1v) is 40.6. The molecule has 566 valence electrons. The van der Waals surface area contributed by atoms with Crippen molar-refractivity contribution in [2.45, 2.75) is 149 Å². The average Bonchev–Trinajstić information content (AvgIpc) is 1.38. The number of fused-ring (bicyclic) bond motifs is 4. The van der Waals surface area contributed by atoms with Crippen LogP contribution in [0.25, 0.3) is 5.57 Å². The van der Waals surface area contributed by atoms with E-state index >= 15 is 0 Å². The summed E-state index contributed by atoms with van der Waals surface area (Å²) in [5.41, 5.74) is 4.11. The van der Waals surface area contributed by atoms with Gasteiger partial charge in [0.1, 0.15) is 36.3 Å². The lowest BCUT2D eigenvalue weighted by Gasteiger charge is -2.29. The summed E-state index contributed by atoms with van der Waals surface area (Å²) in [4.78, 5) is 146. The first kappa shape index (κ1) is 82.0. The van der Waals surface area contributed by atoms with Gasteiger partial charge in [0.05, 0.1) is 54.7 Å². The largest absolute Gasteiger partial charge is 0.490 e. The Kier molecular flexibility index (Phi) is 25.1. The quantitative estimate of drug-likeness (QED) is 0.00962. The van der Waals surface area contributed by atoms with Crippen LogP contribution in [0.15, 0.2) is 62.2 Å². The van der Waals surface area contributed by atoms with Crippen molar-refractivity contribution < 1.29 is 136 Å². The predicted octanol–water partition coefficient (Wildman–Crippen LogP) is 0.876. The van der Waals surface area contributed by atoms with E-state index in [0.717, 1.165) is 10.8 Å². The number of nitrogen functional groups attached to an aromatic ring is 1. The Hall–Kier alpha value is -7.69. The van der Waals surface area contributed by atoms with Crippen LogP contribution in [0.5, 0.6) is 11.5 Å². The maximum atomic E-state index is 14.4. The molecule has 5 heterocycles. The Morgan fingerprint density at radius 3 is 2.05 bits per heavy atom. The van der Waals surface area contributed by atoms with Crippen LogP contribution in [-0.4, -0.2) is 184 Å². The second-order valence-electron chi connectivity index (χ2n) is 24.9. The van der Waals surface area contributed by atoms with Crippen molar-refractivity contribution in [3.8, 4) is 23.3 Å². The second kappa shape index (κ2) is 31.8. The van der Waals surface area contributed by atoms with Crippen LogP contribution in [0.3, 0.4) is 0 Å². The summed E-state index contributed by atoms with van der Waals surface area (Å²) in [5.74, 6) is -4.84. The Bertz CT molecular complexity index is 4840. The van der Waals surface area contributed by atoms with Crippen LogP contribution in [0.4, 0.5) is 11.5 Å². The Morgan fingerprint density at radius 2 is 1.43 bits per heavy atom. The normalized spacial score (nSPS) is 20.4. The molecule has 1 fully saturated rings. The fourth-order valence-electron chi connectivity index (χ4n) is 11.2. The van der Waals surface area contributed by atoms with Gasteiger partial charge in [-0.1, -0.05) is 73.3 Å². The number of hydrogen-bond donors (Lipinski definition) is 16. The van der Waals surface area contributed by atoms with Gasteiger partial charge >= 0.3 is 47.1 Å². The minimum Gasteiger partial charge on any atom is -0.481 e. The molecule has 0 spiro atoms. The number of ether oxygens (including phenoxy) is 2. The number of aliphatic carboxylic acids is 3. The number of phosphoric acid groups is 3. The number of carboxylic acid groups (broad SMARTS) is 3. The predicted molar refractivity (Wildman–Crippen MR) is 363 cm³/mol. The molecule has 4 aromatic rings. The van der Waals surface area contributed by atoms with Gasteiger partial charge in [0, 0.05) is 69.3 Å². The monoisotopic (exact) mass is 1590 g/mol. The van der Waals surface area contributed by atoms with Gasteiger partial charge in [-0.2, -0.15) is 30.4 Å². The molecule has 0 radical (unpaired) electrons. The topological polar surface area (TPSA) is 621 Å². The number of hydrogen-bond acceptors (Lipinski definition) is 27. The fraction of sp³-hybridized carbons (Fsp3) is 0.448. The molecule has 17 N–H and O–H groups in total. The van der Waals surface area contributed by atoms with Gasteiger partial charge in [-0.05, 0) is 67.6 Å². The lowest BCUT2D eigenvalue weighted by Crippen LogP contribution is -2.56.